The Labute approximate surface area is 112 Å². The van der Waals surface area contributed by atoms with E-state index in [0.29, 0.717) is 6.54 Å². The number of rotatable bonds is 5. The van der Waals surface area contributed by atoms with Crippen molar-refractivity contribution in [2.24, 2.45) is 5.84 Å². The van der Waals surface area contributed by atoms with Gasteiger partial charge >= 0.3 is 5.91 Å². The Morgan fingerprint density at radius 1 is 1.26 bits per heavy atom. The fourth-order valence-electron chi connectivity index (χ4n) is 1.97. The van der Waals surface area contributed by atoms with Gasteiger partial charge in [0, 0.05) is 18.7 Å². The van der Waals surface area contributed by atoms with Gasteiger partial charge in [-0.15, -0.1) is 0 Å². The van der Waals surface area contributed by atoms with Crippen LogP contribution in [0.4, 0.5) is 0 Å². The average Bonchev–Trinajstić information content (AvgIpc) is 2.87. The minimum Gasteiger partial charge on any atom is -0.459 e. The van der Waals surface area contributed by atoms with Crippen molar-refractivity contribution < 1.29 is 9.21 Å². The molecule has 0 saturated heterocycles. The lowest BCUT2D eigenvalue weighted by Gasteiger charge is -2.16. The molecule has 0 fully saturated rings. The van der Waals surface area contributed by atoms with Crippen molar-refractivity contribution in [3.05, 3.63) is 59.5 Å². The van der Waals surface area contributed by atoms with Crippen LogP contribution in [0.3, 0.4) is 0 Å². The molecule has 2 aromatic rings. The van der Waals surface area contributed by atoms with E-state index in [4.69, 9.17) is 10.3 Å². The van der Waals surface area contributed by atoms with Crippen molar-refractivity contribution >= 4 is 5.91 Å². The molecule has 0 unspecified atom stereocenters. The van der Waals surface area contributed by atoms with Crippen LogP contribution in [0.2, 0.25) is 0 Å². The first-order valence-electron chi connectivity index (χ1n) is 6.00. The highest BCUT2D eigenvalue weighted by molar-refractivity contribution is 5.92. The third kappa shape index (κ3) is 3.43. The summed E-state index contributed by atoms with van der Waals surface area (Å²) in [5.41, 5.74) is 4.12. The Morgan fingerprint density at radius 3 is 2.68 bits per heavy atom. The maximum atomic E-state index is 11.5. The summed E-state index contributed by atoms with van der Waals surface area (Å²) in [4.78, 5) is 13.6. The summed E-state index contributed by atoms with van der Waals surface area (Å²) in [6.45, 7) is 1.42. The van der Waals surface area contributed by atoms with Crippen molar-refractivity contribution in [2.45, 2.75) is 13.1 Å². The Kier molecular flexibility index (Phi) is 4.33. The van der Waals surface area contributed by atoms with Crippen molar-refractivity contribution in [2.75, 3.05) is 7.05 Å². The number of nitrogens with zero attached hydrogens (tertiary/aromatic N) is 1. The fourth-order valence-corrected chi connectivity index (χ4v) is 1.97. The van der Waals surface area contributed by atoms with Gasteiger partial charge in [0.1, 0.15) is 0 Å². The van der Waals surface area contributed by atoms with E-state index in [-0.39, 0.29) is 5.76 Å². The van der Waals surface area contributed by atoms with Gasteiger partial charge in [-0.25, -0.2) is 5.84 Å². The van der Waals surface area contributed by atoms with Crippen LogP contribution < -0.4 is 11.3 Å². The molecule has 1 amide bonds. The topological polar surface area (TPSA) is 71.5 Å². The van der Waals surface area contributed by atoms with Gasteiger partial charge < -0.3 is 4.42 Å². The van der Waals surface area contributed by atoms with Crippen LogP contribution in [0.5, 0.6) is 0 Å². The predicted molar refractivity (Wildman–Crippen MR) is 72.0 cm³/mol. The molecule has 0 aliphatic rings. The number of furan rings is 1. The molecule has 0 atom stereocenters. The minimum absolute atomic E-state index is 0.266. The van der Waals surface area contributed by atoms with E-state index in [9.17, 15) is 4.79 Å². The zero-order valence-electron chi connectivity index (χ0n) is 10.8. The van der Waals surface area contributed by atoms with E-state index >= 15 is 0 Å². The highest BCUT2D eigenvalue weighted by Crippen LogP contribution is 2.14. The minimum atomic E-state index is -0.409. The highest BCUT2D eigenvalue weighted by atomic mass is 16.3. The summed E-state index contributed by atoms with van der Waals surface area (Å²) in [5.74, 6) is 4.97. The van der Waals surface area contributed by atoms with Crippen LogP contribution in [-0.4, -0.2) is 17.9 Å². The second kappa shape index (κ2) is 6.17. The number of nitrogens with one attached hydrogen (secondary N) is 1. The second-order valence-corrected chi connectivity index (χ2v) is 4.41. The molecule has 0 spiro atoms. The van der Waals surface area contributed by atoms with Gasteiger partial charge in [-0.05, 0) is 18.7 Å². The Balaban J connectivity index is 2.01. The average molecular weight is 259 g/mol. The van der Waals surface area contributed by atoms with Gasteiger partial charge in [0.25, 0.3) is 0 Å². The lowest BCUT2D eigenvalue weighted by molar-refractivity contribution is 0.0923. The molecular formula is C14H17N3O2. The summed E-state index contributed by atoms with van der Waals surface area (Å²) in [7, 11) is 1.99. The van der Waals surface area contributed by atoms with Crippen molar-refractivity contribution in [1.29, 1.82) is 0 Å². The fraction of sp³-hybridized carbons (Fsp3) is 0.214. The van der Waals surface area contributed by atoms with Gasteiger partial charge in [0.2, 0.25) is 0 Å². The Hall–Kier alpha value is -2.11. The zero-order valence-corrected chi connectivity index (χ0v) is 10.8. The largest absolute Gasteiger partial charge is 0.459 e. The molecule has 0 aliphatic heterocycles. The smallest absolute Gasteiger partial charge is 0.301 e. The van der Waals surface area contributed by atoms with E-state index in [2.05, 4.69) is 22.5 Å². The molecule has 100 valence electrons. The van der Waals surface area contributed by atoms with Gasteiger partial charge in [-0.1, -0.05) is 30.3 Å². The number of nitrogens with two attached hydrogens (primary N) is 1. The number of carbonyl (C=O) groups is 1. The van der Waals surface area contributed by atoms with E-state index in [1.54, 1.807) is 6.07 Å². The molecule has 3 N–H and O–H groups in total. The molecule has 5 heteroatoms. The molecule has 0 aliphatic carbocycles. The number of amides is 1. The highest BCUT2D eigenvalue weighted by Gasteiger charge is 2.15. The van der Waals surface area contributed by atoms with Gasteiger partial charge in [-0.3, -0.25) is 15.1 Å². The van der Waals surface area contributed by atoms with E-state index in [0.717, 1.165) is 12.1 Å². The molecule has 19 heavy (non-hydrogen) atoms. The van der Waals surface area contributed by atoms with Crippen LogP contribution in [0, 0.1) is 0 Å². The monoisotopic (exact) mass is 259 g/mol. The zero-order chi connectivity index (χ0) is 13.7. The number of hydrazine groups is 1. The number of hydrogen-bond donors (Lipinski definition) is 2. The first-order valence-corrected chi connectivity index (χ1v) is 6.00. The van der Waals surface area contributed by atoms with Gasteiger partial charge in [-0.2, -0.15) is 0 Å². The van der Waals surface area contributed by atoms with Crippen molar-refractivity contribution in [3.8, 4) is 0 Å². The van der Waals surface area contributed by atoms with Crippen LogP contribution in [-0.2, 0) is 13.1 Å². The SMILES string of the molecule is CN(Cc1ccccc1)Cc1ccoc1C(=O)NN. The standard InChI is InChI=1S/C14H17N3O2/c1-17(9-11-5-3-2-4-6-11)10-12-7-8-19-13(12)14(18)16-15/h2-8H,9-10,15H2,1H3,(H,16,18). The van der Waals surface area contributed by atoms with Crippen LogP contribution in [0.1, 0.15) is 21.7 Å². The molecule has 2 rings (SSSR count). The normalized spacial score (nSPS) is 10.7. The first kappa shape index (κ1) is 13.3. The summed E-state index contributed by atoms with van der Waals surface area (Å²) in [6.07, 6.45) is 1.50. The van der Waals surface area contributed by atoms with Crippen LogP contribution >= 0.6 is 0 Å². The predicted octanol–water partition coefficient (Wildman–Crippen LogP) is 1.52. The summed E-state index contributed by atoms with van der Waals surface area (Å²) in [5, 5.41) is 0. The summed E-state index contributed by atoms with van der Waals surface area (Å²) < 4.78 is 5.15. The molecule has 1 aromatic heterocycles. The van der Waals surface area contributed by atoms with Crippen molar-refractivity contribution in [3.63, 3.8) is 0 Å². The first-order chi connectivity index (χ1) is 9.20. The lowest BCUT2D eigenvalue weighted by Crippen LogP contribution is -2.31. The van der Waals surface area contributed by atoms with E-state index < -0.39 is 5.91 Å². The summed E-state index contributed by atoms with van der Waals surface area (Å²) in [6, 6.07) is 11.9. The number of hydrogen-bond acceptors (Lipinski definition) is 4. The lowest BCUT2D eigenvalue weighted by atomic mass is 10.2. The third-order valence-electron chi connectivity index (χ3n) is 2.82. The van der Waals surface area contributed by atoms with Gasteiger partial charge in [0.15, 0.2) is 5.76 Å². The van der Waals surface area contributed by atoms with Gasteiger partial charge in [0.05, 0.1) is 6.26 Å². The number of nitrogen functional groups attached to an aromatic ring is 1. The Bertz CT molecular complexity index is 537. The Morgan fingerprint density at radius 2 is 2.00 bits per heavy atom. The van der Waals surface area contributed by atoms with Crippen molar-refractivity contribution in [1.82, 2.24) is 10.3 Å². The van der Waals surface area contributed by atoms with E-state index in [1.165, 1.54) is 11.8 Å². The maximum Gasteiger partial charge on any atom is 0.301 e. The quantitative estimate of drug-likeness (QED) is 0.485. The maximum absolute atomic E-state index is 11.5. The van der Waals surface area contributed by atoms with Crippen LogP contribution in [0.15, 0.2) is 47.1 Å². The number of carbonyl (C=O) groups excluding carboxylic acids is 1. The molecule has 1 heterocycles. The second-order valence-electron chi connectivity index (χ2n) is 4.41. The molecule has 0 radical (unpaired) electrons. The van der Waals surface area contributed by atoms with E-state index in [1.807, 2.05) is 25.2 Å². The molecular weight excluding hydrogens is 242 g/mol. The third-order valence-corrected chi connectivity index (χ3v) is 2.82. The molecule has 0 saturated carbocycles. The molecule has 1 aromatic carbocycles. The number of benzene rings is 1. The molecule has 5 nitrogen and oxygen atoms in total. The molecule has 0 bridgehead atoms. The van der Waals surface area contributed by atoms with Crippen LogP contribution in [0.25, 0.3) is 0 Å². The summed E-state index contributed by atoms with van der Waals surface area (Å²) >= 11 is 0.